The van der Waals surface area contributed by atoms with Crippen molar-refractivity contribution in [1.82, 2.24) is 4.98 Å². The molecule has 0 fully saturated rings. The summed E-state index contributed by atoms with van der Waals surface area (Å²) in [6, 6.07) is 6.74. The smallest absolute Gasteiger partial charge is 0.0459 e. The second-order valence-corrected chi connectivity index (χ2v) is 5.08. The minimum absolute atomic E-state index is 0.581. The molecule has 3 N–H and O–H groups in total. The van der Waals surface area contributed by atoms with Crippen molar-refractivity contribution in [3.63, 3.8) is 0 Å². The highest BCUT2D eigenvalue weighted by molar-refractivity contribution is 5.85. The zero-order valence-corrected chi connectivity index (χ0v) is 11.0. The van der Waals surface area contributed by atoms with Crippen LogP contribution < -0.4 is 5.73 Å². The summed E-state index contributed by atoms with van der Waals surface area (Å²) >= 11 is 0. The number of benzene rings is 1. The van der Waals surface area contributed by atoms with E-state index in [-0.39, 0.29) is 0 Å². The van der Waals surface area contributed by atoms with Crippen molar-refractivity contribution in [2.75, 3.05) is 6.54 Å². The van der Waals surface area contributed by atoms with E-state index in [9.17, 15) is 0 Å². The Morgan fingerprint density at radius 1 is 1.29 bits per heavy atom. The summed E-state index contributed by atoms with van der Waals surface area (Å²) in [5.41, 5.74) is 11.0. The largest absolute Gasteiger partial charge is 0.358 e. The van der Waals surface area contributed by atoms with E-state index in [1.807, 2.05) is 0 Å². The first-order valence-electron chi connectivity index (χ1n) is 6.44. The highest BCUT2D eigenvalue weighted by atomic mass is 14.7. The molecule has 2 nitrogen and oxygen atoms in total. The first-order chi connectivity index (χ1) is 8.13. The fourth-order valence-electron chi connectivity index (χ4n) is 2.36. The standard InChI is InChI=1S/C15H22N2/c1-10(2)12-6-7-15-14(9-12)13(5-4-8-16)11(3)17-15/h6-7,9-10,17H,4-5,8,16H2,1-3H3. The number of hydrogen-bond donors (Lipinski definition) is 2. The van der Waals surface area contributed by atoms with Crippen molar-refractivity contribution in [1.29, 1.82) is 0 Å². The van der Waals surface area contributed by atoms with Gasteiger partial charge in [0.1, 0.15) is 0 Å². The predicted molar refractivity (Wildman–Crippen MR) is 74.5 cm³/mol. The van der Waals surface area contributed by atoms with Gasteiger partial charge < -0.3 is 10.7 Å². The van der Waals surface area contributed by atoms with Crippen LogP contribution in [0.4, 0.5) is 0 Å². The van der Waals surface area contributed by atoms with Gasteiger partial charge in [-0.15, -0.1) is 0 Å². The van der Waals surface area contributed by atoms with Crippen LogP contribution in [0.15, 0.2) is 18.2 Å². The van der Waals surface area contributed by atoms with Gasteiger partial charge in [0.15, 0.2) is 0 Å². The van der Waals surface area contributed by atoms with Crippen LogP contribution in [0.1, 0.15) is 43.0 Å². The van der Waals surface area contributed by atoms with Gasteiger partial charge in [0.25, 0.3) is 0 Å². The van der Waals surface area contributed by atoms with Gasteiger partial charge >= 0.3 is 0 Å². The van der Waals surface area contributed by atoms with Crippen LogP contribution in [0.3, 0.4) is 0 Å². The van der Waals surface area contributed by atoms with E-state index in [1.54, 1.807) is 0 Å². The Balaban J connectivity index is 2.49. The van der Waals surface area contributed by atoms with E-state index in [1.165, 1.54) is 27.7 Å². The van der Waals surface area contributed by atoms with Gasteiger partial charge in [-0.2, -0.15) is 0 Å². The predicted octanol–water partition coefficient (Wildman–Crippen LogP) is 3.49. The molecule has 17 heavy (non-hydrogen) atoms. The van der Waals surface area contributed by atoms with Crippen molar-refractivity contribution in [3.8, 4) is 0 Å². The molecule has 0 unspecified atom stereocenters. The number of nitrogens with two attached hydrogens (primary N) is 1. The van der Waals surface area contributed by atoms with Crippen molar-refractivity contribution in [2.45, 2.75) is 39.5 Å². The third-order valence-electron chi connectivity index (χ3n) is 3.44. The Hall–Kier alpha value is -1.28. The van der Waals surface area contributed by atoms with Crippen LogP contribution in [0.2, 0.25) is 0 Å². The molecule has 0 aliphatic heterocycles. The Bertz CT molecular complexity index is 509. The van der Waals surface area contributed by atoms with Crippen molar-refractivity contribution >= 4 is 10.9 Å². The third-order valence-corrected chi connectivity index (χ3v) is 3.44. The molecule has 0 aliphatic carbocycles. The number of rotatable bonds is 4. The molecule has 1 heterocycles. The fourth-order valence-corrected chi connectivity index (χ4v) is 2.36. The number of aryl methyl sites for hydroxylation is 2. The minimum Gasteiger partial charge on any atom is -0.358 e. The zero-order chi connectivity index (χ0) is 12.4. The monoisotopic (exact) mass is 230 g/mol. The molecule has 0 bridgehead atoms. The van der Waals surface area contributed by atoms with Crippen molar-refractivity contribution in [3.05, 3.63) is 35.0 Å². The first-order valence-corrected chi connectivity index (χ1v) is 6.44. The van der Waals surface area contributed by atoms with Crippen LogP contribution in [0.5, 0.6) is 0 Å². The highest BCUT2D eigenvalue weighted by Crippen LogP contribution is 2.27. The van der Waals surface area contributed by atoms with Gasteiger partial charge in [-0.25, -0.2) is 0 Å². The van der Waals surface area contributed by atoms with Crippen molar-refractivity contribution < 1.29 is 0 Å². The molecule has 0 saturated heterocycles. The Labute approximate surface area is 103 Å². The van der Waals surface area contributed by atoms with E-state index in [0.717, 1.165) is 19.4 Å². The Kier molecular flexibility index (Phi) is 3.53. The SMILES string of the molecule is Cc1[nH]c2ccc(C(C)C)cc2c1CCCN. The summed E-state index contributed by atoms with van der Waals surface area (Å²) in [6.45, 7) is 7.39. The lowest BCUT2D eigenvalue weighted by Crippen LogP contribution is -2.00. The van der Waals surface area contributed by atoms with Gasteiger partial charge in [-0.05, 0) is 55.5 Å². The van der Waals surface area contributed by atoms with E-state index in [2.05, 4.69) is 44.0 Å². The average molecular weight is 230 g/mol. The van der Waals surface area contributed by atoms with Gasteiger partial charge in [0, 0.05) is 16.6 Å². The van der Waals surface area contributed by atoms with E-state index in [0.29, 0.717) is 5.92 Å². The van der Waals surface area contributed by atoms with Crippen LogP contribution >= 0.6 is 0 Å². The number of H-pyrrole nitrogens is 1. The molecule has 0 aliphatic rings. The molecule has 0 amide bonds. The van der Waals surface area contributed by atoms with Gasteiger partial charge in [-0.3, -0.25) is 0 Å². The summed E-state index contributed by atoms with van der Waals surface area (Å²) < 4.78 is 0. The maximum absolute atomic E-state index is 5.61. The molecular formula is C15H22N2. The molecule has 2 heteroatoms. The van der Waals surface area contributed by atoms with Gasteiger partial charge in [0.2, 0.25) is 0 Å². The number of aromatic nitrogens is 1. The van der Waals surface area contributed by atoms with Crippen LogP contribution in [0.25, 0.3) is 10.9 Å². The summed E-state index contributed by atoms with van der Waals surface area (Å²) in [5.74, 6) is 0.581. The van der Waals surface area contributed by atoms with Gasteiger partial charge in [0.05, 0.1) is 0 Å². The third kappa shape index (κ3) is 2.37. The number of fused-ring (bicyclic) bond motifs is 1. The summed E-state index contributed by atoms with van der Waals surface area (Å²) in [7, 11) is 0. The molecular weight excluding hydrogens is 208 g/mol. The van der Waals surface area contributed by atoms with E-state index < -0.39 is 0 Å². The molecule has 1 aromatic heterocycles. The fraction of sp³-hybridized carbons (Fsp3) is 0.467. The van der Waals surface area contributed by atoms with E-state index in [4.69, 9.17) is 5.73 Å². The topological polar surface area (TPSA) is 41.8 Å². The summed E-state index contributed by atoms with van der Waals surface area (Å²) in [5, 5.41) is 1.38. The first kappa shape index (κ1) is 12.2. The second kappa shape index (κ2) is 4.92. The lowest BCUT2D eigenvalue weighted by molar-refractivity contribution is 0.831. The highest BCUT2D eigenvalue weighted by Gasteiger charge is 2.09. The Morgan fingerprint density at radius 3 is 2.71 bits per heavy atom. The van der Waals surface area contributed by atoms with Crippen LogP contribution in [-0.2, 0) is 6.42 Å². The van der Waals surface area contributed by atoms with Crippen LogP contribution in [-0.4, -0.2) is 11.5 Å². The molecule has 0 atom stereocenters. The number of aromatic amines is 1. The van der Waals surface area contributed by atoms with Gasteiger partial charge in [-0.1, -0.05) is 19.9 Å². The van der Waals surface area contributed by atoms with E-state index >= 15 is 0 Å². The van der Waals surface area contributed by atoms with Crippen molar-refractivity contribution in [2.24, 2.45) is 5.73 Å². The number of nitrogens with one attached hydrogen (secondary N) is 1. The zero-order valence-electron chi connectivity index (χ0n) is 11.0. The molecule has 0 saturated carbocycles. The maximum Gasteiger partial charge on any atom is 0.0459 e. The molecule has 1 aromatic carbocycles. The summed E-state index contributed by atoms with van der Waals surface area (Å²) in [6.07, 6.45) is 2.13. The quantitative estimate of drug-likeness (QED) is 0.829. The lowest BCUT2D eigenvalue weighted by atomic mass is 9.98. The Morgan fingerprint density at radius 2 is 2.06 bits per heavy atom. The second-order valence-electron chi connectivity index (χ2n) is 5.08. The molecule has 2 rings (SSSR count). The molecule has 2 aromatic rings. The number of hydrogen-bond acceptors (Lipinski definition) is 1. The lowest BCUT2D eigenvalue weighted by Gasteiger charge is -2.06. The van der Waals surface area contributed by atoms with Crippen LogP contribution in [0, 0.1) is 6.92 Å². The normalized spacial score (nSPS) is 11.6. The summed E-state index contributed by atoms with van der Waals surface area (Å²) in [4.78, 5) is 3.46. The average Bonchev–Trinajstić information content (AvgIpc) is 2.61. The maximum atomic E-state index is 5.61. The molecule has 0 radical (unpaired) electrons. The molecule has 0 spiro atoms. The minimum atomic E-state index is 0.581. The molecule has 92 valence electrons.